The topological polar surface area (TPSA) is 45.8 Å². The highest BCUT2D eigenvalue weighted by Gasteiger charge is 2.07. The molecule has 1 aromatic carbocycles. The van der Waals surface area contributed by atoms with Gasteiger partial charge in [0.05, 0.1) is 5.69 Å². The van der Waals surface area contributed by atoms with Crippen LogP contribution in [0.1, 0.15) is 23.7 Å². The lowest BCUT2D eigenvalue weighted by molar-refractivity contribution is 0.955. The highest BCUT2D eigenvalue weighted by atomic mass is 16.1. The monoisotopic (exact) mass is 228 g/mol. The number of hydrogen-bond acceptors (Lipinski definition) is 2. The summed E-state index contributed by atoms with van der Waals surface area (Å²) in [5.74, 6) is 0.654. The van der Waals surface area contributed by atoms with Crippen molar-refractivity contribution < 1.29 is 0 Å². The Kier molecular flexibility index (Phi) is 3.09. The van der Waals surface area contributed by atoms with E-state index in [-0.39, 0.29) is 5.56 Å². The van der Waals surface area contributed by atoms with E-state index < -0.39 is 0 Å². The number of rotatable bonds is 2. The Morgan fingerprint density at radius 2 is 2.06 bits per heavy atom. The van der Waals surface area contributed by atoms with Crippen LogP contribution in [-0.4, -0.2) is 9.97 Å². The van der Waals surface area contributed by atoms with Gasteiger partial charge in [0.1, 0.15) is 5.82 Å². The molecule has 0 spiro atoms. The van der Waals surface area contributed by atoms with Gasteiger partial charge in [-0.15, -0.1) is 0 Å². The van der Waals surface area contributed by atoms with E-state index in [0.717, 1.165) is 23.2 Å². The Labute approximate surface area is 101 Å². The van der Waals surface area contributed by atoms with E-state index in [1.807, 2.05) is 45.0 Å². The van der Waals surface area contributed by atoms with Gasteiger partial charge in [0.2, 0.25) is 0 Å². The van der Waals surface area contributed by atoms with Crippen molar-refractivity contribution in [3.05, 3.63) is 51.4 Å². The van der Waals surface area contributed by atoms with Gasteiger partial charge in [-0.05, 0) is 26.3 Å². The lowest BCUT2D eigenvalue weighted by atomic mass is 10.1. The fraction of sp³-hybridized carbons (Fsp3) is 0.286. The van der Waals surface area contributed by atoms with Crippen LogP contribution in [0.25, 0.3) is 11.4 Å². The van der Waals surface area contributed by atoms with Crippen molar-refractivity contribution >= 4 is 0 Å². The van der Waals surface area contributed by atoms with Crippen LogP contribution >= 0.6 is 0 Å². The largest absolute Gasteiger partial charge is 0.306 e. The molecule has 0 atom stereocenters. The van der Waals surface area contributed by atoms with Crippen LogP contribution in [0.5, 0.6) is 0 Å². The summed E-state index contributed by atoms with van der Waals surface area (Å²) < 4.78 is 0. The quantitative estimate of drug-likeness (QED) is 0.858. The number of aryl methyl sites for hydroxylation is 2. The average Bonchev–Trinajstić information content (AvgIpc) is 2.32. The fourth-order valence-corrected chi connectivity index (χ4v) is 1.85. The van der Waals surface area contributed by atoms with Gasteiger partial charge in [0.15, 0.2) is 0 Å². The maximum atomic E-state index is 11.8. The smallest absolute Gasteiger partial charge is 0.254 e. The van der Waals surface area contributed by atoms with Crippen molar-refractivity contribution in [2.24, 2.45) is 0 Å². The van der Waals surface area contributed by atoms with Gasteiger partial charge in [-0.2, -0.15) is 0 Å². The van der Waals surface area contributed by atoms with E-state index in [1.165, 1.54) is 0 Å². The third-order valence-corrected chi connectivity index (χ3v) is 2.88. The fourth-order valence-electron chi connectivity index (χ4n) is 1.85. The first kappa shape index (κ1) is 11.6. The van der Waals surface area contributed by atoms with Gasteiger partial charge in [-0.25, -0.2) is 4.98 Å². The molecular weight excluding hydrogens is 212 g/mol. The number of H-pyrrole nitrogens is 1. The van der Waals surface area contributed by atoms with Gasteiger partial charge >= 0.3 is 0 Å². The summed E-state index contributed by atoms with van der Waals surface area (Å²) >= 11 is 0. The van der Waals surface area contributed by atoms with E-state index in [4.69, 9.17) is 0 Å². The summed E-state index contributed by atoms with van der Waals surface area (Å²) in [4.78, 5) is 19.1. The van der Waals surface area contributed by atoms with Gasteiger partial charge < -0.3 is 4.98 Å². The first-order chi connectivity index (χ1) is 8.11. The van der Waals surface area contributed by atoms with Crippen LogP contribution in [0.15, 0.2) is 29.1 Å². The van der Waals surface area contributed by atoms with Crippen LogP contribution < -0.4 is 5.56 Å². The molecule has 0 amide bonds. The zero-order valence-electron chi connectivity index (χ0n) is 10.4. The zero-order chi connectivity index (χ0) is 12.4. The average molecular weight is 228 g/mol. The minimum Gasteiger partial charge on any atom is -0.306 e. The molecule has 3 nitrogen and oxygen atoms in total. The number of aromatic amines is 1. The molecule has 0 aliphatic rings. The molecule has 2 aromatic rings. The van der Waals surface area contributed by atoms with Crippen LogP contribution in [0.3, 0.4) is 0 Å². The third kappa shape index (κ3) is 2.28. The Morgan fingerprint density at radius 1 is 1.29 bits per heavy atom. The Hall–Kier alpha value is -1.90. The maximum Gasteiger partial charge on any atom is 0.254 e. The van der Waals surface area contributed by atoms with Gasteiger partial charge in [-0.3, -0.25) is 4.79 Å². The van der Waals surface area contributed by atoms with Crippen molar-refractivity contribution in [3.8, 4) is 11.4 Å². The Bertz CT molecular complexity index is 599. The maximum absolute atomic E-state index is 11.8. The predicted molar refractivity (Wildman–Crippen MR) is 69.1 cm³/mol. The summed E-state index contributed by atoms with van der Waals surface area (Å²) in [5.41, 5.74) is 3.64. The van der Waals surface area contributed by atoms with Crippen molar-refractivity contribution in [2.75, 3.05) is 0 Å². The number of nitrogens with zero attached hydrogens (tertiary/aromatic N) is 1. The number of hydrogen-bond donors (Lipinski definition) is 1. The van der Waals surface area contributed by atoms with Crippen LogP contribution in [0.2, 0.25) is 0 Å². The number of nitrogens with one attached hydrogen (secondary N) is 1. The molecule has 2 rings (SSSR count). The van der Waals surface area contributed by atoms with E-state index in [2.05, 4.69) is 9.97 Å². The van der Waals surface area contributed by atoms with E-state index >= 15 is 0 Å². The minimum absolute atomic E-state index is 0.0478. The minimum atomic E-state index is -0.0478. The van der Waals surface area contributed by atoms with E-state index in [0.29, 0.717) is 11.4 Å². The van der Waals surface area contributed by atoms with Gasteiger partial charge in [0.25, 0.3) is 5.56 Å². The van der Waals surface area contributed by atoms with Crippen LogP contribution in [0.4, 0.5) is 0 Å². The molecule has 0 saturated heterocycles. The third-order valence-electron chi connectivity index (χ3n) is 2.88. The van der Waals surface area contributed by atoms with Gasteiger partial charge in [0, 0.05) is 11.1 Å². The lowest BCUT2D eigenvalue weighted by Gasteiger charge is -2.06. The van der Waals surface area contributed by atoms with Crippen molar-refractivity contribution in [3.63, 3.8) is 0 Å². The normalized spacial score (nSPS) is 10.5. The number of benzene rings is 1. The van der Waals surface area contributed by atoms with Crippen LogP contribution in [-0.2, 0) is 6.42 Å². The summed E-state index contributed by atoms with van der Waals surface area (Å²) in [7, 11) is 0. The van der Waals surface area contributed by atoms with Crippen molar-refractivity contribution in [1.82, 2.24) is 9.97 Å². The molecule has 1 aromatic heterocycles. The molecule has 17 heavy (non-hydrogen) atoms. The summed E-state index contributed by atoms with van der Waals surface area (Å²) in [6.07, 6.45) is 0.772. The molecule has 0 bridgehead atoms. The highest BCUT2D eigenvalue weighted by Crippen LogP contribution is 2.16. The van der Waals surface area contributed by atoms with E-state index in [9.17, 15) is 4.79 Å². The first-order valence-electron chi connectivity index (χ1n) is 5.78. The van der Waals surface area contributed by atoms with Crippen molar-refractivity contribution in [2.45, 2.75) is 27.2 Å². The standard InChI is InChI=1S/C14H16N2O/c1-4-12-10(3)14(17)16-13(15-12)11-7-5-6-9(2)8-11/h5-8H,4H2,1-3H3,(H,15,16,17). The summed E-state index contributed by atoms with van der Waals surface area (Å²) in [5, 5.41) is 0. The second kappa shape index (κ2) is 4.53. The van der Waals surface area contributed by atoms with Crippen LogP contribution in [0, 0.1) is 13.8 Å². The SMILES string of the molecule is CCc1nc(-c2cccc(C)c2)[nH]c(=O)c1C. The molecule has 1 heterocycles. The Balaban J connectivity index is 2.61. The number of aromatic nitrogens is 2. The zero-order valence-corrected chi connectivity index (χ0v) is 10.4. The molecule has 0 unspecified atom stereocenters. The predicted octanol–water partition coefficient (Wildman–Crippen LogP) is 2.62. The first-order valence-corrected chi connectivity index (χ1v) is 5.78. The molecule has 0 radical (unpaired) electrons. The molecule has 88 valence electrons. The molecule has 3 heteroatoms. The molecule has 0 saturated carbocycles. The summed E-state index contributed by atoms with van der Waals surface area (Å²) in [6, 6.07) is 7.97. The summed E-state index contributed by atoms with van der Waals surface area (Å²) in [6.45, 7) is 5.84. The Morgan fingerprint density at radius 3 is 2.71 bits per heavy atom. The molecule has 0 aliphatic heterocycles. The second-order valence-corrected chi connectivity index (χ2v) is 4.21. The van der Waals surface area contributed by atoms with Crippen molar-refractivity contribution in [1.29, 1.82) is 0 Å². The lowest BCUT2D eigenvalue weighted by Crippen LogP contribution is -2.15. The van der Waals surface area contributed by atoms with E-state index in [1.54, 1.807) is 0 Å². The second-order valence-electron chi connectivity index (χ2n) is 4.21. The molecule has 1 N–H and O–H groups in total. The highest BCUT2D eigenvalue weighted by molar-refractivity contribution is 5.56. The molecule has 0 aliphatic carbocycles. The molecular formula is C14H16N2O. The molecule has 0 fully saturated rings. The van der Waals surface area contributed by atoms with Gasteiger partial charge in [-0.1, -0.05) is 30.7 Å².